The molecular weight excluding hydrogens is 404 g/mol. The van der Waals surface area contributed by atoms with E-state index >= 15 is 0 Å². The third-order valence-corrected chi connectivity index (χ3v) is 4.25. The third-order valence-electron chi connectivity index (χ3n) is 3.92. The number of carbonyl (C=O) groups excluding carboxylic acids is 2. The van der Waals surface area contributed by atoms with Crippen molar-refractivity contribution >= 4 is 29.5 Å². The molecule has 2 aromatic rings. The van der Waals surface area contributed by atoms with Crippen molar-refractivity contribution in [2.75, 3.05) is 13.2 Å². The maximum Gasteiger partial charge on any atom is 0.267 e. The average Bonchev–Trinajstić information content (AvgIpc) is 2.76. The maximum absolute atomic E-state index is 12.6. The predicted octanol–water partition coefficient (Wildman–Crippen LogP) is 3.69. The molecule has 0 radical (unpaired) electrons. The molecule has 0 saturated heterocycles. The number of aliphatic hydroxyl groups excluding tert-OH is 1. The van der Waals surface area contributed by atoms with E-state index in [1.54, 1.807) is 60.7 Å². The molecule has 0 saturated carbocycles. The van der Waals surface area contributed by atoms with Crippen molar-refractivity contribution in [1.82, 2.24) is 10.6 Å². The molecule has 3 N–H and O–H groups in total. The van der Waals surface area contributed by atoms with E-state index in [-0.39, 0.29) is 29.4 Å². The second kappa shape index (κ2) is 11.6. The summed E-state index contributed by atoms with van der Waals surface area (Å²) in [6, 6.07) is 13.5. The van der Waals surface area contributed by atoms with Crippen LogP contribution in [0.2, 0.25) is 5.02 Å². The van der Waals surface area contributed by atoms with E-state index < -0.39 is 11.8 Å². The molecule has 0 bridgehead atoms. The number of nitrogens with one attached hydrogen (secondary N) is 2. The lowest BCUT2D eigenvalue weighted by Crippen LogP contribution is -2.36. The summed E-state index contributed by atoms with van der Waals surface area (Å²) in [6.45, 7) is 5.35. The van der Waals surface area contributed by atoms with Crippen molar-refractivity contribution < 1.29 is 19.4 Å². The van der Waals surface area contributed by atoms with Gasteiger partial charge in [0.05, 0.1) is 17.2 Å². The number of halogens is 1. The van der Waals surface area contributed by atoms with Gasteiger partial charge in [-0.3, -0.25) is 9.59 Å². The number of hydrogen-bond acceptors (Lipinski definition) is 4. The van der Waals surface area contributed by atoms with Crippen LogP contribution in [0.5, 0.6) is 5.75 Å². The second-order valence-corrected chi connectivity index (χ2v) is 6.44. The van der Waals surface area contributed by atoms with Gasteiger partial charge in [-0.15, -0.1) is 0 Å². The summed E-state index contributed by atoms with van der Waals surface area (Å²) in [5.41, 5.74) is 0.922. The number of carbonyl (C=O) groups is 2. The van der Waals surface area contributed by atoms with Crippen LogP contribution in [0.25, 0.3) is 6.08 Å². The van der Waals surface area contributed by atoms with Gasteiger partial charge in [-0.05, 0) is 55.0 Å². The predicted molar refractivity (Wildman–Crippen MR) is 118 cm³/mol. The number of allylic oxidation sites excluding steroid dienone is 2. The summed E-state index contributed by atoms with van der Waals surface area (Å²) in [7, 11) is 0. The summed E-state index contributed by atoms with van der Waals surface area (Å²) < 4.78 is 5.64. The van der Waals surface area contributed by atoms with Crippen molar-refractivity contribution in [2.24, 2.45) is 0 Å². The van der Waals surface area contributed by atoms with Gasteiger partial charge < -0.3 is 20.5 Å². The van der Waals surface area contributed by atoms with Crippen LogP contribution in [0.15, 0.2) is 78.7 Å². The molecule has 2 rings (SSSR count). The van der Waals surface area contributed by atoms with Crippen LogP contribution >= 0.6 is 11.6 Å². The first-order chi connectivity index (χ1) is 14.5. The van der Waals surface area contributed by atoms with Crippen LogP contribution in [0.3, 0.4) is 0 Å². The Morgan fingerprint density at radius 3 is 2.47 bits per heavy atom. The molecule has 0 aliphatic carbocycles. The molecule has 6 nitrogen and oxygen atoms in total. The van der Waals surface area contributed by atoms with Gasteiger partial charge >= 0.3 is 0 Å². The molecule has 30 heavy (non-hydrogen) atoms. The second-order valence-electron chi connectivity index (χ2n) is 6.04. The van der Waals surface area contributed by atoms with Crippen LogP contribution in [0.4, 0.5) is 0 Å². The molecule has 2 amide bonds. The topological polar surface area (TPSA) is 87.7 Å². The molecule has 156 valence electrons. The van der Waals surface area contributed by atoms with E-state index in [9.17, 15) is 9.59 Å². The van der Waals surface area contributed by atoms with Crippen LogP contribution in [0.1, 0.15) is 22.8 Å². The zero-order chi connectivity index (χ0) is 21.9. The Kier molecular flexibility index (Phi) is 8.87. The lowest BCUT2D eigenvalue weighted by atomic mass is 10.1. The highest BCUT2D eigenvalue weighted by Gasteiger charge is 2.16. The van der Waals surface area contributed by atoms with E-state index in [1.165, 1.54) is 6.08 Å². The van der Waals surface area contributed by atoms with Crippen LogP contribution in [-0.4, -0.2) is 30.1 Å². The maximum atomic E-state index is 12.6. The lowest BCUT2D eigenvalue weighted by molar-refractivity contribution is -0.117. The van der Waals surface area contributed by atoms with Gasteiger partial charge in [0.25, 0.3) is 11.8 Å². The van der Waals surface area contributed by atoms with Gasteiger partial charge in [0.1, 0.15) is 17.2 Å². The Hall–Kier alpha value is -3.35. The molecule has 0 unspecified atom stereocenters. The number of hydrogen-bond donors (Lipinski definition) is 3. The molecule has 7 heteroatoms. The summed E-state index contributed by atoms with van der Waals surface area (Å²) in [4.78, 5) is 25.1. The van der Waals surface area contributed by atoms with Crippen molar-refractivity contribution in [3.63, 3.8) is 0 Å². The highest BCUT2D eigenvalue weighted by molar-refractivity contribution is 6.34. The molecule has 0 atom stereocenters. The number of aliphatic hydroxyl groups is 1. The molecule has 0 heterocycles. The molecule has 0 aliphatic heterocycles. The largest absolute Gasteiger partial charge is 0.458 e. The van der Waals surface area contributed by atoms with Crippen LogP contribution in [-0.2, 0) is 4.79 Å². The third kappa shape index (κ3) is 6.62. The number of rotatable bonds is 9. The molecule has 2 aromatic carbocycles. The summed E-state index contributed by atoms with van der Waals surface area (Å²) in [6.07, 6.45) is 4.91. The Balaban J connectivity index is 2.26. The highest BCUT2D eigenvalue weighted by Crippen LogP contribution is 2.18. The first-order valence-electron chi connectivity index (χ1n) is 9.21. The van der Waals surface area contributed by atoms with Crippen molar-refractivity contribution in [3.05, 3.63) is 94.9 Å². The van der Waals surface area contributed by atoms with Crippen molar-refractivity contribution in [2.45, 2.75) is 6.92 Å². The number of amides is 2. The average molecular weight is 427 g/mol. The summed E-state index contributed by atoms with van der Waals surface area (Å²) in [5, 5.41) is 14.3. The van der Waals surface area contributed by atoms with E-state index in [0.717, 1.165) is 0 Å². The number of ether oxygens (including phenoxy) is 1. The highest BCUT2D eigenvalue weighted by atomic mass is 35.5. The van der Waals surface area contributed by atoms with E-state index in [1.807, 2.05) is 6.92 Å². The molecule has 0 fully saturated rings. The Bertz CT molecular complexity index is 965. The monoisotopic (exact) mass is 426 g/mol. The van der Waals surface area contributed by atoms with Gasteiger partial charge in [-0.1, -0.05) is 42.4 Å². The van der Waals surface area contributed by atoms with Gasteiger partial charge in [-0.25, -0.2) is 0 Å². The lowest BCUT2D eigenvalue weighted by Gasteiger charge is -2.12. The Morgan fingerprint density at radius 2 is 1.87 bits per heavy atom. The quantitative estimate of drug-likeness (QED) is 0.324. The van der Waals surface area contributed by atoms with E-state index in [0.29, 0.717) is 17.1 Å². The molecule has 0 spiro atoms. The fraction of sp³-hybridized carbons (Fsp3) is 0.130. The van der Waals surface area contributed by atoms with Gasteiger partial charge in [0, 0.05) is 6.54 Å². The minimum absolute atomic E-state index is 0.0160. The SMILES string of the molecule is C=CC(=CC)Oc1ccc(C=C(NC(=O)c2ccccc2Cl)C(=O)NCCO)cc1. The fourth-order valence-electron chi connectivity index (χ4n) is 2.41. The zero-order valence-electron chi connectivity index (χ0n) is 16.5. The summed E-state index contributed by atoms with van der Waals surface area (Å²) >= 11 is 6.07. The standard InChI is InChI=1S/C23H23ClN2O4/c1-3-17(4-2)30-18-11-9-16(10-12-18)15-21(23(29)25-13-14-27)26-22(28)19-7-5-6-8-20(19)24/h3-12,15,27H,1,13-14H2,2H3,(H,25,29)(H,26,28). The van der Waals surface area contributed by atoms with Gasteiger partial charge in [-0.2, -0.15) is 0 Å². The smallest absolute Gasteiger partial charge is 0.267 e. The minimum Gasteiger partial charge on any atom is -0.458 e. The Labute approximate surface area is 180 Å². The molecular formula is C23H23ClN2O4. The van der Waals surface area contributed by atoms with Gasteiger partial charge in [0.2, 0.25) is 0 Å². The number of benzene rings is 2. The van der Waals surface area contributed by atoms with Crippen LogP contribution in [0, 0.1) is 0 Å². The molecule has 0 aromatic heterocycles. The first-order valence-corrected chi connectivity index (χ1v) is 9.59. The van der Waals surface area contributed by atoms with Crippen molar-refractivity contribution in [1.29, 1.82) is 0 Å². The van der Waals surface area contributed by atoms with Gasteiger partial charge in [0.15, 0.2) is 0 Å². The first kappa shape index (κ1) is 22.9. The summed E-state index contributed by atoms with van der Waals surface area (Å²) in [5.74, 6) is 0.170. The van der Waals surface area contributed by atoms with Crippen LogP contribution < -0.4 is 15.4 Å². The Morgan fingerprint density at radius 1 is 1.17 bits per heavy atom. The fourth-order valence-corrected chi connectivity index (χ4v) is 2.63. The van der Waals surface area contributed by atoms with E-state index in [2.05, 4.69) is 17.2 Å². The minimum atomic E-state index is -0.535. The van der Waals surface area contributed by atoms with E-state index in [4.69, 9.17) is 21.4 Å². The molecule has 0 aliphatic rings. The zero-order valence-corrected chi connectivity index (χ0v) is 17.3. The van der Waals surface area contributed by atoms with Crippen molar-refractivity contribution in [3.8, 4) is 5.75 Å². The normalized spacial score (nSPS) is 11.6.